The Morgan fingerprint density at radius 2 is 1.93 bits per heavy atom. The second-order valence-electron chi connectivity index (χ2n) is 3.60. The molecule has 3 atom stereocenters. The minimum Gasteiger partial charge on any atom is -0.463 e. The van der Waals surface area contributed by atoms with E-state index in [2.05, 4.69) is 0 Å². The van der Waals surface area contributed by atoms with E-state index in [0.29, 0.717) is 12.8 Å². The molecule has 0 aromatic carbocycles. The van der Waals surface area contributed by atoms with Crippen LogP contribution in [0.15, 0.2) is 12.2 Å². The summed E-state index contributed by atoms with van der Waals surface area (Å²) in [6.45, 7) is 1.78. The molecule has 0 aromatic heterocycles. The van der Waals surface area contributed by atoms with E-state index < -0.39 is 18.2 Å². The van der Waals surface area contributed by atoms with E-state index in [4.69, 9.17) is 4.74 Å². The average Bonchev–Trinajstić information content (AvgIpc) is 2.10. The number of esters is 1. The third-order valence-corrected chi connectivity index (χ3v) is 2.13. The number of cyclic esters (lactones) is 1. The zero-order valence-electron chi connectivity index (χ0n) is 8.22. The number of hydrogen-bond acceptors (Lipinski definition) is 4. The van der Waals surface area contributed by atoms with Crippen molar-refractivity contribution in [2.75, 3.05) is 0 Å². The highest BCUT2D eigenvalue weighted by molar-refractivity contribution is 5.70. The zero-order valence-corrected chi connectivity index (χ0v) is 8.22. The lowest BCUT2D eigenvalue weighted by atomic mass is 10.1. The summed E-state index contributed by atoms with van der Waals surface area (Å²) in [4.78, 5) is 11.1. The van der Waals surface area contributed by atoms with Crippen molar-refractivity contribution in [3.63, 3.8) is 0 Å². The predicted molar refractivity (Wildman–Crippen MR) is 50.6 cm³/mol. The van der Waals surface area contributed by atoms with E-state index in [9.17, 15) is 15.0 Å². The smallest absolute Gasteiger partial charge is 0.309 e. The van der Waals surface area contributed by atoms with Gasteiger partial charge in [0.1, 0.15) is 0 Å². The molecular formula is C10H16O4. The fraction of sp³-hybridized carbons (Fsp3) is 0.700. The summed E-state index contributed by atoms with van der Waals surface area (Å²) in [5, 5.41) is 18.7. The first kappa shape index (κ1) is 11.2. The van der Waals surface area contributed by atoms with Crippen molar-refractivity contribution in [3.05, 3.63) is 12.2 Å². The minimum atomic E-state index is -0.859. The lowest BCUT2D eigenvalue weighted by molar-refractivity contribution is -0.150. The van der Waals surface area contributed by atoms with Gasteiger partial charge in [-0.1, -0.05) is 12.2 Å². The van der Waals surface area contributed by atoms with Gasteiger partial charge in [0.05, 0.1) is 24.7 Å². The molecule has 2 N–H and O–H groups in total. The standard InChI is InChI=1S/C10H16O4/c1-7-2-3-8(11)4-5-9(12)6-10(13)14-7/h4-5,7-9,11-12H,2-3,6H2,1H3/b5-4-/t7-,8-,9-/m1/s1. The highest BCUT2D eigenvalue weighted by atomic mass is 16.5. The molecule has 0 saturated carbocycles. The number of ether oxygens (including phenoxy) is 1. The van der Waals surface area contributed by atoms with Crippen LogP contribution in [0.5, 0.6) is 0 Å². The second kappa shape index (κ2) is 5.12. The van der Waals surface area contributed by atoms with Crippen molar-refractivity contribution < 1.29 is 19.7 Å². The predicted octanol–water partition coefficient (Wildman–Crippen LogP) is 0.380. The van der Waals surface area contributed by atoms with E-state index >= 15 is 0 Å². The quantitative estimate of drug-likeness (QED) is 0.438. The van der Waals surface area contributed by atoms with Gasteiger partial charge in [-0.2, -0.15) is 0 Å². The van der Waals surface area contributed by atoms with Crippen LogP contribution in [-0.2, 0) is 9.53 Å². The van der Waals surface area contributed by atoms with Crippen LogP contribution >= 0.6 is 0 Å². The average molecular weight is 200 g/mol. The molecule has 1 heterocycles. The van der Waals surface area contributed by atoms with Crippen molar-refractivity contribution in [2.24, 2.45) is 0 Å². The maximum atomic E-state index is 11.1. The first-order valence-electron chi connectivity index (χ1n) is 4.82. The van der Waals surface area contributed by atoms with Crippen molar-refractivity contribution in [3.8, 4) is 0 Å². The molecule has 14 heavy (non-hydrogen) atoms. The van der Waals surface area contributed by atoms with Crippen LogP contribution in [0.2, 0.25) is 0 Å². The maximum Gasteiger partial charge on any atom is 0.309 e. The highest BCUT2D eigenvalue weighted by Crippen LogP contribution is 2.10. The second-order valence-corrected chi connectivity index (χ2v) is 3.60. The molecule has 1 rings (SSSR count). The lowest BCUT2D eigenvalue weighted by Gasteiger charge is -2.17. The van der Waals surface area contributed by atoms with Crippen molar-refractivity contribution >= 4 is 5.97 Å². The molecule has 1 aliphatic heterocycles. The molecule has 0 amide bonds. The van der Waals surface area contributed by atoms with E-state index in [0.717, 1.165) is 0 Å². The van der Waals surface area contributed by atoms with Gasteiger partial charge in [0, 0.05) is 0 Å². The Labute approximate surface area is 83.2 Å². The van der Waals surface area contributed by atoms with Crippen LogP contribution in [0.3, 0.4) is 0 Å². The number of aliphatic hydroxyl groups excluding tert-OH is 2. The Kier molecular flexibility index (Phi) is 4.10. The lowest BCUT2D eigenvalue weighted by Crippen LogP contribution is -2.22. The Morgan fingerprint density at radius 1 is 1.29 bits per heavy atom. The monoisotopic (exact) mass is 200 g/mol. The third kappa shape index (κ3) is 3.89. The highest BCUT2D eigenvalue weighted by Gasteiger charge is 2.16. The third-order valence-electron chi connectivity index (χ3n) is 2.13. The fourth-order valence-electron chi connectivity index (χ4n) is 1.33. The number of carbonyl (C=O) groups is 1. The minimum absolute atomic E-state index is 0.0481. The molecule has 4 nitrogen and oxygen atoms in total. The van der Waals surface area contributed by atoms with Gasteiger partial charge in [-0.25, -0.2) is 0 Å². The van der Waals surface area contributed by atoms with E-state index in [1.807, 2.05) is 0 Å². The Morgan fingerprint density at radius 3 is 2.64 bits per heavy atom. The van der Waals surface area contributed by atoms with Gasteiger partial charge in [-0.05, 0) is 19.8 Å². The molecule has 0 saturated heterocycles. The first-order valence-corrected chi connectivity index (χ1v) is 4.82. The van der Waals surface area contributed by atoms with Gasteiger partial charge < -0.3 is 14.9 Å². The largest absolute Gasteiger partial charge is 0.463 e. The SMILES string of the molecule is C[C@@H]1CC[C@@H](O)/C=C\[C@@H](O)CC(=O)O1. The number of aliphatic hydroxyl groups is 2. The molecule has 4 heteroatoms. The zero-order chi connectivity index (χ0) is 10.6. The van der Waals surface area contributed by atoms with Crippen molar-refractivity contribution in [2.45, 2.75) is 44.5 Å². The molecule has 80 valence electrons. The van der Waals surface area contributed by atoms with E-state index in [1.54, 1.807) is 6.92 Å². The van der Waals surface area contributed by atoms with Crippen LogP contribution in [0.4, 0.5) is 0 Å². The molecular weight excluding hydrogens is 184 g/mol. The molecule has 0 fully saturated rings. The normalized spacial score (nSPS) is 37.4. The van der Waals surface area contributed by atoms with Crippen LogP contribution in [0.25, 0.3) is 0 Å². The number of carbonyl (C=O) groups excluding carboxylic acids is 1. The van der Waals surface area contributed by atoms with Gasteiger partial charge in [0.2, 0.25) is 0 Å². The van der Waals surface area contributed by atoms with Gasteiger partial charge in [-0.15, -0.1) is 0 Å². The van der Waals surface area contributed by atoms with Gasteiger partial charge in [0.15, 0.2) is 0 Å². The molecule has 0 bridgehead atoms. The molecule has 0 unspecified atom stereocenters. The van der Waals surface area contributed by atoms with Crippen molar-refractivity contribution in [1.29, 1.82) is 0 Å². The topological polar surface area (TPSA) is 66.8 Å². The van der Waals surface area contributed by atoms with E-state index in [-0.39, 0.29) is 12.5 Å². The van der Waals surface area contributed by atoms with Crippen LogP contribution in [0.1, 0.15) is 26.2 Å². The summed E-state index contributed by atoms with van der Waals surface area (Å²) >= 11 is 0. The Hall–Kier alpha value is -0.870. The van der Waals surface area contributed by atoms with E-state index in [1.165, 1.54) is 12.2 Å². The molecule has 0 radical (unpaired) electrons. The van der Waals surface area contributed by atoms with Gasteiger partial charge in [0.25, 0.3) is 0 Å². The first-order chi connectivity index (χ1) is 6.58. The molecule has 0 spiro atoms. The summed E-state index contributed by atoms with van der Waals surface area (Å²) < 4.78 is 5.00. The fourth-order valence-corrected chi connectivity index (χ4v) is 1.33. The van der Waals surface area contributed by atoms with Crippen LogP contribution < -0.4 is 0 Å². The summed E-state index contributed by atoms with van der Waals surface area (Å²) in [5.41, 5.74) is 0. The van der Waals surface area contributed by atoms with Crippen molar-refractivity contribution in [1.82, 2.24) is 0 Å². The Balaban J connectivity index is 2.60. The van der Waals surface area contributed by atoms with Gasteiger partial charge >= 0.3 is 5.97 Å². The molecule has 0 aliphatic carbocycles. The summed E-state index contributed by atoms with van der Waals surface area (Å²) in [5.74, 6) is -0.397. The summed E-state index contributed by atoms with van der Waals surface area (Å²) in [6, 6.07) is 0. The molecule has 1 aliphatic rings. The Bertz CT molecular complexity index is 224. The number of rotatable bonds is 0. The van der Waals surface area contributed by atoms with Crippen LogP contribution in [0, 0.1) is 0 Å². The summed E-state index contributed by atoms with van der Waals surface area (Å²) in [6.07, 6.45) is 2.46. The molecule has 0 aromatic rings. The summed E-state index contributed by atoms with van der Waals surface area (Å²) in [7, 11) is 0. The van der Waals surface area contributed by atoms with Crippen LogP contribution in [-0.4, -0.2) is 34.5 Å². The number of hydrogen-bond donors (Lipinski definition) is 2. The van der Waals surface area contributed by atoms with Gasteiger partial charge in [-0.3, -0.25) is 4.79 Å². The maximum absolute atomic E-state index is 11.1.